The molecule has 0 saturated carbocycles. The van der Waals surface area contributed by atoms with Crippen LogP contribution in [-0.2, 0) is 44.6 Å². The van der Waals surface area contributed by atoms with Gasteiger partial charge in [-0.05, 0) is 0 Å². The highest BCUT2D eigenvalue weighted by Crippen LogP contribution is 2.57. The third-order valence-corrected chi connectivity index (χ3v) is 9.80. The van der Waals surface area contributed by atoms with E-state index in [4.69, 9.17) is 57.3 Å². The summed E-state index contributed by atoms with van der Waals surface area (Å²) in [6.45, 7) is 6.29. The van der Waals surface area contributed by atoms with E-state index in [1.807, 2.05) is 26.2 Å². The first-order valence-electron chi connectivity index (χ1n) is 15.9. The van der Waals surface area contributed by atoms with Crippen LogP contribution in [0.1, 0.15) is 48.9 Å². The first-order valence-corrected chi connectivity index (χ1v) is 15.9. The van der Waals surface area contributed by atoms with Crippen LogP contribution < -0.4 is 28.4 Å². The van der Waals surface area contributed by atoms with Crippen LogP contribution in [0.15, 0.2) is 12.4 Å². The van der Waals surface area contributed by atoms with Gasteiger partial charge in [0, 0.05) is 112 Å². The van der Waals surface area contributed by atoms with Gasteiger partial charge in [-0.15, -0.1) is 0 Å². The third-order valence-electron chi connectivity index (χ3n) is 9.80. The van der Waals surface area contributed by atoms with Gasteiger partial charge in [-0.2, -0.15) is 0 Å². The molecular formula is C34H36N2O10. The quantitative estimate of drug-likeness (QED) is 0.347. The summed E-state index contributed by atoms with van der Waals surface area (Å²) in [6.07, 6.45) is 6.76. The Hall–Kier alpha value is -3.84. The number of rotatable bonds is 8. The van der Waals surface area contributed by atoms with Crippen molar-refractivity contribution in [3.05, 3.63) is 34.6 Å². The van der Waals surface area contributed by atoms with E-state index in [1.54, 1.807) is 14.2 Å². The molecule has 12 heteroatoms. The Morgan fingerprint density at radius 3 is 1.59 bits per heavy atom. The highest BCUT2D eigenvalue weighted by atomic mass is 16.7. The minimum absolute atomic E-state index is 0.446. The Morgan fingerprint density at radius 2 is 1.13 bits per heavy atom. The molecule has 46 heavy (non-hydrogen) atoms. The Morgan fingerprint density at radius 1 is 0.652 bits per heavy atom. The van der Waals surface area contributed by atoms with Crippen molar-refractivity contribution < 1.29 is 47.4 Å². The Labute approximate surface area is 266 Å². The van der Waals surface area contributed by atoms with Crippen molar-refractivity contribution >= 4 is 0 Å². The number of fused-ring (bicyclic) bond motifs is 4. The molecule has 0 radical (unpaired) electrons. The second-order valence-electron chi connectivity index (χ2n) is 12.8. The zero-order valence-electron chi connectivity index (χ0n) is 26.4. The molecule has 0 spiro atoms. The van der Waals surface area contributed by atoms with Gasteiger partial charge in [0.1, 0.15) is 11.5 Å². The van der Waals surface area contributed by atoms with Crippen LogP contribution in [0, 0.1) is 0 Å². The zero-order valence-corrected chi connectivity index (χ0v) is 26.4. The molecule has 0 aliphatic carbocycles. The molecule has 2 saturated heterocycles. The summed E-state index contributed by atoms with van der Waals surface area (Å²) in [6, 6.07) is 0. The fourth-order valence-corrected chi connectivity index (χ4v) is 7.14. The molecular weight excluding hydrogens is 596 g/mol. The number of hydrogen-bond donors (Lipinski definition) is 0. The summed E-state index contributed by atoms with van der Waals surface area (Å²) >= 11 is 0. The molecule has 1 aromatic heterocycles. The lowest BCUT2D eigenvalue weighted by Gasteiger charge is -2.39. The number of ether oxygens (including phenoxy) is 10. The summed E-state index contributed by atoms with van der Waals surface area (Å²) in [4.78, 5) is 9.85. The number of benzene rings is 2. The van der Waals surface area contributed by atoms with Crippen LogP contribution in [0.25, 0.3) is 22.5 Å². The van der Waals surface area contributed by atoms with Gasteiger partial charge in [0.05, 0.1) is 32.0 Å². The second-order valence-corrected chi connectivity index (χ2v) is 12.8. The van der Waals surface area contributed by atoms with Crippen LogP contribution in [-0.4, -0.2) is 74.8 Å². The normalized spacial score (nSPS) is 28.0. The maximum atomic E-state index is 6.47. The number of hydrogen-bond acceptors (Lipinski definition) is 12. The highest BCUT2D eigenvalue weighted by molar-refractivity contribution is 5.84. The molecule has 4 unspecified atom stereocenters. The van der Waals surface area contributed by atoms with E-state index in [0.29, 0.717) is 86.7 Å². The molecule has 12 nitrogen and oxygen atoms in total. The molecule has 242 valence electrons. The summed E-state index contributed by atoms with van der Waals surface area (Å²) in [5.74, 6) is 3.26. The fraction of sp³-hybridized carbons (Fsp3) is 0.529. The van der Waals surface area contributed by atoms with Crippen molar-refractivity contribution in [2.24, 2.45) is 0 Å². The first kappa shape index (κ1) is 28.4. The van der Waals surface area contributed by atoms with Crippen molar-refractivity contribution in [3.63, 3.8) is 0 Å². The Bertz CT molecular complexity index is 1610. The molecule has 4 atom stereocenters. The lowest BCUT2D eigenvalue weighted by Crippen LogP contribution is -2.46. The van der Waals surface area contributed by atoms with Crippen molar-refractivity contribution in [1.82, 2.24) is 9.97 Å². The standard InChI is InChI=1S/C34H36N2O10/c1-33(7-11-41-33)45-30-20-13-22(37-3)43-26(20)24(18-5-9-39-28(18)30)17-15-35-32(36-16-17)25-19-6-10-40-29(19)31(46-34(2)8-12-42-34)21-14-23(38-4)44-27(21)25/h15-16,22-23H,5-14H2,1-4H3. The molecule has 3 aromatic rings. The molecule has 6 aliphatic heterocycles. The molecule has 6 aliphatic rings. The highest BCUT2D eigenvalue weighted by Gasteiger charge is 2.44. The molecule has 0 amide bonds. The van der Waals surface area contributed by atoms with Crippen LogP contribution in [0.4, 0.5) is 0 Å². The molecule has 2 aromatic carbocycles. The third kappa shape index (κ3) is 4.27. The van der Waals surface area contributed by atoms with E-state index < -0.39 is 24.2 Å². The number of nitrogens with zero attached hydrogens (tertiary/aromatic N) is 2. The largest absolute Gasteiger partial charge is 0.489 e. The van der Waals surface area contributed by atoms with Gasteiger partial charge in [-0.1, -0.05) is 0 Å². The molecule has 0 bridgehead atoms. The Kier molecular flexibility index (Phi) is 6.38. The molecule has 9 rings (SSSR count). The van der Waals surface area contributed by atoms with Crippen LogP contribution in [0.5, 0.6) is 34.5 Å². The number of methoxy groups -OCH3 is 2. The summed E-state index contributed by atoms with van der Waals surface area (Å²) in [5.41, 5.74) is 6.23. The predicted octanol–water partition coefficient (Wildman–Crippen LogP) is 4.53. The van der Waals surface area contributed by atoms with E-state index >= 15 is 0 Å². The minimum atomic E-state index is -0.699. The average molecular weight is 633 g/mol. The predicted molar refractivity (Wildman–Crippen MR) is 161 cm³/mol. The fourth-order valence-electron chi connectivity index (χ4n) is 7.14. The van der Waals surface area contributed by atoms with Crippen molar-refractivity contribution in [2.75, 3.05) is 40.6 Å². The maximum Gasteiger partial charge on any atom is 0.210 e. The lowest BCUT2D eigenvalue weighted by atomic mass is 9.94. The maximum absolute atomic E-state index is 6.47. The van der Waals surface area contributed by atoms with Gasteiger partial charge in [0.15, 0.2) is 28.8 Å². The van der Waals surface area contributed by atoms with Crippen molar-refractivity contribution in [2.45, 2.75) is 76.5 Å². The summed E-state index contributed by atoms with van der Waals surface area (Å²) in [7, 11) is 3.27. The Balaban J connectivity index is 1.14. The zero-order chi connectivity index (χ0) is 31.2. The van der Waals surface area contributed by atoms with E-state index in [1.165, 1.54) is 0 Å². The van der Waals surface area contributed by atoms with Gasteiger partial charge in [-0.3, -0.25) is 0 Å². The molecule has 2 fully saturated rings. The van der Waals surface area contributed by atoms with Gasteiger partial charge < -0.3 is 47.4 Å². The van der Waals surface area contributed by atoms with Crippen LogP contribution >= 0.6 is 0 Å². The van der Waals surface area contributed by atoms with Crippen molar-refractivity contribution in [3.8, 4) is 57.0 Å². The van der Waals surface area contributed by atoms with E-state index in [9.17, 15) is 0 Å². The SMILES string of the molecule is COC1Cc2c(OC3(C)CCO3)c3c(c(-c4cnc(-c5c6c(c(OC7(C)CCO7)c7c5OC(OC)C7)OCC6)nc4)c2O1)CCO3. The second kappa shape index (κ2) is 10.3. The summed E-state index contributed by atoms with van der Waals surface area (Å²) in [5, 5.41) is 0. The molecule has 7 heterocycles. The minimum Gasteiger partial charge on any atom is -0.489 e. The lowest BCUT2D eigenvalue weighted by molar-refractivity contribution is -0.252. The van der Waals surface area contributed by atoms with Crippen molar-refractivity contribution in [1.29, 1.82) is 0 Å². The smallest absolute Gasteiger partial charge is 0.210 e. The van der Waals surface area contributed by atoms with Gasteiger partial charge in [0.2, 0.25) is 24.2 Å². The average Bonchev–Trinajstić information content (AvgIpc) is 3.85. The van der Waals surface area contributed by atoms with Gasteiger partial charge in [-0.25, -0.2) is 9.97 Å². The van der Waals surface area contributed by atoms with Gasteiger partial charge >= 0.3 is 0 Å². The number of aromatic nitrogens is 2. The monoisotopic (exact) mass is 632 g/mol. The first-order chi connectivity index (χ1) is 22.4. The van der Waals surface area contributed by atoms with Gasteiger partial charge in [0.25, 0.3) is 0 Å². The van der Waals surface area contributed by atoms with E-state index in [0.717, 1.165) is 57.5 Å². The topological polar surface area (TPSA) is 118 Å². The molecule has 0 N–H and O–H groups in total. The van der Waals surface area contributed by atoms with E-state index in [2.05, 4.69) is 0 Å². The summed E-state index contributed by atoms with van der Waals surface area (Å²) < 4.78 is 60.8. The van der Waals surface area contributed by atoms with E-state index in [-0.39, 0.29) is 0 Å². The van der Waals surface area contributed by atoms with Crippen LogP contribution in [0.3, 0.4) is 0 Å². The van der Waals surface area contributed by atoms with Crippen LogP contribution in [0.2, 0.25) is 0 Å².